The quantitative estimate of drug-likeness (QED) is 0.550. The molecular formula is C24H24FN3O3S. The maximum atomic E-state index is 13.5. The molecule has 1 saturated heterocycles. The van der Waals surface area contributed by atoms with Crippen LogP contribution in [0, 0.1) is 5.82 Å². The van der Waals surface area contributed by atoms with Crippen LogP contribution in [0.5, 0.6) is 0 Å². The van der Waals surface area contributed by atoms with E-state index in [1.54, 1.807) is 27.9 Å². The second kappa shape index (κ2) is 10.5. The van der Waals surface area contributed by atoms with Crippen molar-refractivity contribution in [1.29, 1.82) is 0 Å². The summed E-state index contributed by atoms with van der Waals surface area (Å²) < 4.78 is 19.6. The second-order valence-corrected chi connectivity index (χ2v) is 8.42. The van der Waals surface area contributed by atoms with Crippen LogP contribution >= 0.6 is 11.3 Å². The summed E-state index contributed by atoms with van der Waals surface area (Å²) in [6, 6.07) is 16.2. The van der Waals surface area contributed by atoms with Gasteiger partial charge in [0, 0.05) is 25.0 Å². The molecule has 8 heteroatoms. The third-order valence-electron chi connectivity index (χ3n) is 5.35. The number of amides is 2. The molecule has 0 aliphatic carbocycles. The number of halogens is 1. The Morgan fingerprint density at radius 2 is 1.94 bits per heavy atom. The van der Waals surface area contributed by atoms with E-state index < -0.39 is 6.10 Å². The second-order valence-electron chi connectivity index (χ2n) is 7.70. The Kier molecular flexibility index (Phi) is 7.24. The molecule has 1 fully saturated rings. The highest BCUT2D eigenvalue weighted by Crippen LogP contribution is 2.15. The van der Waals surface area contributed by atoms with E-state index in [1.807, 2.05) is 30.3 Å². The van der Waals surface area contributed by atoms with E-state index in [0.29, 0.717) is 30.8 Å². The summed E-state index contributed by atoms with van der Waals surface area (Å²) in [6.45, 7) is 1.33. The van der Waals surface area contributed by atoms with Crippen LogP contribution in [-0.4, -0.2) is 58.9 Å². The van der Waals surface area contributed by atoms with Crippen LogP contribution in [0.15, 0.2) is 65.5 Å². The van der Waals surface area contributed by atoms with E-state index in [0.717, 1.165) is 5.56 Å². The molecule has 2 aromatic carbocycles. The average Bonchev–Trinajstić information content (AvgIpc) is 3.29. The van der Waals surface area contributed by atoms with Gasteiger partial charge in [0.05, 0.1) is 18.2 Å². The number of carbonyl (C=O) groups is 2. The molecule has 0 saturated carbocycles. The Labute approximate surface area is 190 Å². The number of nitrogens with zero attached hydrogens (tertiary/aromatic N) is 3. The number of aromatic nitrogens is 1. The summed E-state index contributed by atoms with van der Waals surface area (Å²) in [6.07, 6.45) is 0.312. The predicted octanol–water partition coefficient (Wildman–Crippen LogP) is 3.39. The van der Waals surface area contributed by atoms with Gasteiger partial charge in [0.1, 0.15) is 18.1 Å². The van der Waals surface area contributed by atoms with Crippen molar-refractivity contribution in [2.75, 3.05) is 26.2 Å². The van der Waals surface area contributed by atoms with Crippen molar-refractivity contribution in [3.05, 3.63) is 88.1 Å². The van der Waals surface area contributed by atoms with Crippen LogP contribution in [-0.2, 0) is 22.6 Å². The van der Waals surface area contributed by atoms with Gasteiger partial charge in [-0.3, -0.25) is 9.59 Å². The lowest BCUT2D eigenvalue weighted by Gasteiger charge is -2.25. The summed E-state index contributed by atoms with van der Waals surface area (Å²) in [5.74, 6) is -0.739. The first kappa shape index (κ1) is 22.1. The van der Waals surface area contributed by atoms with Crippen molar-refractivity contribution >= 4 is 23.2 Å². The molecule has 0 bridgehead atoms. The van der Waals surface area contributed by atoms with Crippen LogP contribution in [0.4, 0.5) is 4.39 Å². The van der Waals surface area contributed by atoms with Crippen LogP contribution in [0.2, 0.25) is 0 Å². The molecule has 1 aliphatic rings. The lowest BCUT2D eigenvalue weighted by atomic mass is 10.1. The highest BCUT2D eigenvalue weighted by molar-refractivity contribution is 7.07. The Morgan fingerprint density at radius 3 is 2.69 bits per heavy atom. The molecule has 1 aliphatic heterocycles. The maximum Gasteiger partial charge on any atom is 0.273 e. The van der Waals surface area contributed by atoms with Gasteiger partial charge in [-0.15, -0.1) is 11.3 Å². The predicted molar refractivity (Wildman–Crippen MR) is 120 cm³/mol. The number of rotatable bonds is 7. The van der Waals surface area contributed by atoms with Gasteiger partial charge in [-0.1, -0.05) is 42.5 Å². The van der Waals surface area contributed by atoms with Crippen molar-refractivity contribution < 1.29 is 18.7 Å². The molecule has 3 aromatic rings. The Hall–Kier alpha value is -3.10. The van der Waals surface area contributed by atoms with Gasteiger partial charge >= 0.3 is 0 Å². The summed E-state index contributed by atoms with van der Waals surface area (Å²) in [7, 11) is 0. The first-order chi connectivity index (χ1) is 15.6. The number of ether oxygens (including phenoxy) is 1. The van der Waals surface area contributed by atoms with Gasteiger partial charge in [-0.05, 0) is 29.7 Å². The molecule has 0 radical (unpaired) electrons. The van der Waals surface area contributed by atoms with Crippen molar-refractivity contribution in [1.82, 2.24) is 14.8 Å². The number of hydrogen-bond acceptors (Lipinski definition) is 5. The Balaban J connectivity index is 1.48. The first-order valence-electron chi connectivity index (χ1n) is 10.4. The number of carbonyl (C=O) groups excluding carboxylic acids is 2. The fourth-order valence-corrected chi connectivity index (χ4v) is 4.21. The third kappa shape index (κ3) is 5.77. The standard InChI is InChI=1S/C24H24FN3O3S/c25-20-8-4-7-19(11-20)15-31-21-12-27(10-9-18-5-2-1-3-6-18)23(29)14-28(13-21)24(30)22-16-32-17-26-22/h1-8,11,16-17,21H,9-10,12-15H2. The van der Waals surface area contributed by atoms with Crippen molar-refractivity contribution in [2.24, 2.45) is 0 Å². The zero-order valence-corrected chi connectivity index (χ0v) is 18.3. The fourth-order valence-electron chi connectivity index (χ4n) is 3.68. The molecule has 2 amide bonds. The topological polar surface area (TPSA) is 62.7 Å². The van der Waals surface area contributed by atoms with Gasteiger partial charge < -0.3 is 14.5 Å². The molecule has 4 rings (SSSR count). The van der Waals surface area contributed by atoms with Crippen molar-refractivity contribution in [3.63, 3.8) is 0 Å². The van der Waals surface area contributed by atoms with Crippen LogP contribution in [0.25, 0.3) is 0 Å². The fraction of sp³-hybridized carbons (Fsp3) is 0.292. The molecule has 0 N–H and O–H groups in total. The van der Waals surface area contributed by atoms with Gasteiger partial charge in [0.2, 0.25) is 5.91 Å². The van der Waals surface area contributed by atoms with Crippen molar-refractivity contribution in [3.8, 4) is 0 Å². The van der Waals surface area contributed by atoms with E-state index in [4.69, 9.17) is 4.74 Å². The Morgan fingerprint density at radius 1 is 1.12 bits per heavy atom. The molecule has 32 heavy (non-hydrogen) atoms. The number of benzene rings is 2. The largest absolute Gasteiger partial charge is 0.370 e. The Bertz CT molecular complexity index is 1050. The molecule has 166 valence electrons. The van der Waals surface area contributed by atoms with Gasteiger partial charge in [0.15, 0.2) is 0 Å². The highest BCUT2D eigenvalue weighted by atomic mass is 32.1. The summed E-state index contributed by atoms with van der Waals surface area (Å²) in [5, 5.41) is 1.67. The minimum atomic E-state index is -0.400. The summed E-state index contributed by atoms with van der Waals surface area (Å²) in [5.41, 5.74) is 3.76. The molecule has 1 atom stereocenters. The monoisotopic (exact) mass is 453 g/mol. The van der Waals surface area contributed by atoms with Gasteiger partial charge in [-0.2, -0.15) is 0 Å². The number of hydrogen-bond donors (Lipinski definition) is 0. The van der Waals surface area contributed by atoms with Gasteiger partial charge in [-0.25, -0.2) is 9.37 Å². The smallest absolute Gasteiger partial charge is 0.273 e. The van der Waals surface area contributed by atoms with E-state index in [9.17, 15) is 14.0 Å². The SMILES string of the molecule is O=C1CN(C(=O)c2cscn2)CC(OCc2cccc(F)c2)CN1CCc1ccccc1. The normalized spacial score (nSPS) is 16.8. The van der Waals surface area contributed by atoms with E-state index >= 15 is 0 Å². The van der Waals surface area contributed by atoms with Gasteiger partial charge in [0.25, 0.3) is 5.91 Å². The van der Waals surface area contributed by atoms with Crippen LogP contribution in [0.3, 0.4) is 0 Å². The summed E-state index contributed by atoms with van der Waals surface area (Å²) in [4.78, 5) is 33.2. The minimum Gasteiger partial charge on any atom is -0.370 e. The molecular weight excluding hydrogens is 429 g/mol. The lowest BCUT2D eigenvalue weighted by molar-refractivity contribution is -0.131. The van der Waals surface area contributed by atoms with Crippen LogP contribution < -0.4 is 0 Å². The van der Waals surface area contributed by atoms with E-state index in [2.05, 4.69) is 4.98 Å². The van der Waals surface area contributed by atoms with Crippen LogP contribution in [0.1, 0.15) is 21.6 Å². The lowest BCUT2D eigenvalue weighted by Crippen LogP contribution is -2.40. The molecule has 0 spiro atoms. The summed E-state index contributed by atoms with van der Waals surface area (Å²) >= 11 is 1.33. The zero-order chi connectivity index (χ0) is 22.3. The van der Waals surface area contributed by atoms with E-state index in [-0.39, 0.29) is 37.3 Å². The average molecular weight is 454 g/mol. The molecule has 2 heterocycles. The van der Waals surface area contributed by atoms with E-state index in [1.165, 1.54) is 28.4 Å². The maximum absolute atomic E-state index is 13.5. The first-order valence-corrected chi connectivity index (χ1v) is 11.4. The molecule has 1 unspecified atom stereocenters. The zero-order valence-electron chi connectivity index (χ0n) is 17.5. The highest BCUT2D eigenvalue weighted by Gasteiger charge is 2.31. The number of thiazole rings is 1. The molecule has 1 aromatic heterocycles. The van der Waals surface area contributed by atoms with Crippen molar-refractivity contribution in [2.45, 2.75) is 19.1 Å². The minimum absolute atomic E-state index is 0.0228. The third-order valence-corrected chi connectivity index (χ3v) is 5.94. The molecule has 6 nitrogen and oxygen atoms in total.